The highest BCUT2D eigenvalue weighted by Gasteiger charge is 2.33. The number of halogens is 1. The van der Waals surface area contributed by atoms with Gasteiger partial charge in [0.25, 0.3) is 0 Å². The number of amides is 1. The molecule has 88 valence electrons. The van der Waals surface area contributed by atoms with Crippen LogP contribution in [-0.4, -0.2) is 16.8 Å². The zero-order chi connectivity index (χ0) is 11.5. The van der Waals surface area contributed by atoms with Gasteiger partial charge in [-0.1, -0.05) is 49.5 Å². The normalized spacial score (nSPS) is 27.1. The SMILES string of the molecule is CCC(Br)C(=O)NC1CCCCC1(C)C. The van der Waals surface area contributed by atoms with Crippen molar-refractivity contribution in [2.75, 3.05) is 0 Å². The van der Waals surface area contributed by atoms with Crippen LogP contribution in [0.25, 0.3) is 0 Å². The molecule has 0 radical (unpaired) electrons. The van der Waals surface area contributed by atoms with Crippen molar-refractivity contribution in [2.45, 2.75) is 63.7 Å². The number of alkyl halides is 1. The molecule has 1 aliphatic rings. The smallest absolute Gasteiger partial charge is 0.234 e. The van der Waals surface area contributed by atoms with Gasteiger partial charge >= 0.3 is 0 Å². The molecule has 3 heteroatoms. The summed E-state index contributed by atoms with van der Waals surface area (Å²) in [6.45, 7) is 6.53. The van der Waals surface area contributed by atoms with Gasteiger partial charge < -0.3 is 5.32 Å². The predicted octanol–water partition coefficient (Wildman–Crippen LogP) is 3.24. The lowest BCUT2D eigenvalue weighted by Gasteiger charge is -2.39. The monoisotopic (exact) mass is 275 g/mol. The van der Waals surface area contributed by atoms with Crippen LogP contribution in [0.5, 0.6) is 0 Å². The second-order valence-electron chi connectivity index (χ2n) is 5.17. The van der Waals surface area contributed by atoms with Crippen LogP contribution in [-0.2, 0) is 4.79 Å². The van der Waals surface area contributed by atoms with Gasteiger partial charge in [0.05, 0.1) is 4.83 Å². The summed E-state index contributed by atoms with van der Waals surface area (Å²) < 4.78 is 0. The van der Waals surface area contributed by atoms with Crippen molar-refractivity contribution in [1.29, 1.82) is 0 Å². The zero-order valence-electron chi connectivity index (χ0n) is 9.98. The highest BCUT2D eigenvalue weighted by atomic mass is 79.9. The number of carbonyl (C=O) groups excluding carboxylic acids is 1. The van der Waals surface area contributed by atoms with Gasteiger partial charge in [0.15, 0.2) is 0 Å². The molecule has 1 fully saturated rings. The summed E-state index contributed by atoms with van der Waals surface area (Å²) >= 11 is 3.39. The fourth-order valence-electron chi connectivity index (χ4n) is 2.21. The molecule has 0 aromatic heterocycles. The van der Waals surface area contributed by atoms with Gasteiger partial charge in [-0.05, 0) is 24.7 Å². The Bertz CT molecular complexity index is 228. The third kappa shape index (κ3) is 3.47. The summed E-state index contributed by atoms with van der Waals surface area (Å²) in [6, 6.07) is 0.352. The summed E-state index contributed by atoms with van der Waals surface area (Å²) in [6.07, 6.45) is 5.73. The lowest BCUT2D eigenvalue weighted by Crippen LogP contribution is -2.48. The summed E-state index contributed by atoms with van der Waals surface area (Å²) in [4.78, 5) is 11.7. The first-order valence-corrected chi connectivity index (χ1v) is 6.83. The second kappa shape index (κ2) is 5.33. The Kier molecular flexibility index (Phi) is 4.63. The molecule has 1 N–H and O–H groups in total. The first-order valence-electron chi connectivity index (χ1n) is 5.92. The Hall–Kier alpha value is -0.0500. The van der Waals surface area contributed by atoms with Gasteiger partial charge in [-0.25, -0.2) is 0 Å². The third-order valence-electron chi connectivity index (χ3n) is 3.47. The quantitative estimate of drug-likeness (QED) is 0.788. The lowest BCUT2D eigenvalue weighted by atomic mass is 9.73. The van der Waals surface area contributed by atoms with E-state index in [1.165, 1.54) is 19.3 Å². The number of carbonyl (C=O) groups is 1. The fraction of sp³-hybridized carbons (Fsp3) is 0.917. The summed E-state index contributed by atoms with van der Waals surface area (Å²) in [7, 11) is 0. The van der Waals surface area contributed by atoms with Gasteiger partial charge in [0.2, 0.25) is 5.91 Å². The molecule has 0 bridgehead atoms. The first-order chi connectivity index (χ1) is 6.97. The van der Waals surface area contributed by atoms with E-state index in [9.17, 15) is 4.79 Å². The van der Waals surface area contributed by atoms with Crippen LogP contribution in [0.2, 0.25) is 0 Å². The Morgan fingerprint density at radius 3 is 2.73 bits per heavy atom. The summed E-state index contributed by atoms with van der Waals surface area (Å²) in [5.41, 5.74) is 0.258. The molecular formula is C12H22BrNO. The first kappa shape index (κ1) is 13.0. The van der Waals surface area contributed by atoms with Gasteiger partial charge in [-0.2, -0.15) is 0 Å². The van der Waals surface area contributed by atoms with E-state index in [-0.39, 0.29) is 16.1 Å². The maximum Gasteiger partial charge on any atom is 0.234 e. The van der Waals surface area contributed by atoms with Crippen molar-refractivity contribution in [2.24, 2.45) is 5.41 Å². The largest absolute Gasteiger partial charge is 0.352 e. The molecule has 1 rings (SSSR count). The maximum absolute atomic E-state index is 11.8. The van der Waals surface area contributed by atoms with Crippen molar-refractivity contribution >= 4 is 21.8 Å². The number of hydrogen-bond acceptors (Lipinski definition) is 1. The third-order valence-corrected chi connectivity index (χ3v) is 4.53. The van der Waals surface area contributed by atoms with E-state index in [1.54, 1.807) is 0 Å². The molecule has 0 aromatic rings. The molecule has 0 aromatic carbocycles. The Morgan fingerprint density at radius 1 is 1.53 bits per heavy atom. The average Bonchev–Trinajstić information content (AvgIpc) is 2.19. The molecule has 0 spiro atoms. The molecule has 0 saturated heterocycles. The molecule has 1 saturated carbocycles. The van der Waals surface area contributed by atoms with E-state index in [0.717, 1.165) is 12.8 Å². The van der Waals surface area contributed by atoms with E-state index in [1.807, 2.05) is 6.92 Å². The lowest BCUT2D eigenvalue weighted by molar-refractivity contribution is -0.122. The fourth-order valence-corrected chi connectivity index (χ4v) is 2.34. The number of rotatable bonds is 3. The van der Waals surface area contributed by atoms with Crippen molar-refractivity contribution in [3.63, 3.8) is 0 Å². The molecular weight excluding hydrogens is 254 g/mol. The molecule has 1 aliphatic carbocycles. The molecule has 2 unspecified atom stereocenters. The highest BCUT2D eigenvalue weighted by Crippen LogP contribution is 2.35. The summed E-state index contributed by atoms with van der Waals surface area (Å²) in [5.74, 6) is 0.150. The average molecular weight is 276 g/mol. The van der Waals surface area contributed by atoms with Crippen LogP contribution in [0.1, 0.15) is 52.9 Å². The Morgan fingerprint density at radius 2 is 2.20 bits per heavy atom. The van der Waals surface area contributed by atoms with Crippen LogP contribution < -0.4 is 5.32 Å². The highest BCUT2D eigenvalue weighted by molar-refractivity contribution is 9.10. The van der Waals surface area contributed by atoms with Gasteiger partial charge in [0, 0.05) is 6.04 Å². The van der Waals surface area contributed by atoms with Gasteiger partial charge in [-0.15, -0.1) is 0 Å². The maximum atomic E-state index is 11.8. The van der Waals surface area contributed by atoms with E-state index in [2.05, 4.69) is 35.1 Å². The topological polar surface area (TPSA) is 29.1 Å². The van der Waals surface area contributed by atoms with Crippen molar-refractivity contribution < 1.29 is 4.79 Å². The molecule has 2 nitrogen and oxygen atoms in total. The van der Waals surface area contributed by atoms with Crippen LogP contribution >= 0.6 is 15.9 Å². The standard InChI is InChI=1S/C12H22BrNO/c1-4-9(13)11(15)14-10-7-5-6-8-12(10,2)3/h9-10H,4-8H2,1-3H3,(H,14,15). The molecule has 0 heterocycles. The molecule has 0 aliphatic heterocycles. The van der Waals surface area contributed by atoms with Crippen LogP contribution in [0, 0.1) is 5.41 Å². The molecule has 1 amide bonds. The molecule has 2 atom stereocenters. The zero-order valence-corrected chi connectivity index (χ0v) is 11.6. The Labute approximate surface area is 101 Å². The van der Waals surface area contributed by atoms with Crippen molar-refractivity contribution in [3.8, 4) is 0 Å². The van der Waals surface area contributed by atoms with Crippen molar-refractivity contribution in [1.82, 2.24) is 5.32 Å². The summed E-state index contributed by atoms with van der Waals surface area (Å²) in [5, 5.41) is 3.17. The minimum atomic E-state index is -0.0322. The van der Waals surface area contributed by atoms with E-state index < -0.39 is 0 Å². The number of nitrogens with one attached hydrogen (secondary N) is 1. The van der Waals surface area contributed by atoms with Crippen molar-refractivity contribution in [3.05, 3.63) is 0 Å². The molecule has 15 heavy (non-hydrogen) atoms. The van der Waals surface area contributed by atoms with Crippen LogP contribution in [0.3, 0.4) is 0 Å². The van der Waals surface area contributed by atoms with E-state index in [0.29, 0.717) is 6.04 Å². The van der Waals surface area contributed by atoms with Gasteiger partial charge in [0.1, 0.15) is 0 Å². The number of hydrogen-bond donors (Lipinski definition) is 1. The van der Waals surface area contributed by atoms with E-state index in [4.69, 9.17) is 0 Å². The predicted molar refractivity (Wildman–Crippen MR) is 67.2 cm³/mol. The van der Waals surface area contributed by atoms with E-state index >= 15 is 0 Å². The van der Waals surface area contributed by atoms with Crippen LogP contribution in [0.4, 0.5) is 0 Å². The second-order valence-corrected chi connectivity index (χ2v) is 6.28. The minimum Gasteiger partial charge on any atom is -0.352 e. The minimum absolute atomic E-state index is 0.0322. The Balaban J connectivity index is 2.52. The van der Waals surface area contributed by atoms with Gasteiger partial charge in [-0.3, -0.25) is 4.79 Å². The van der Waals surface area contributed by atoms with Crippen LogP contribution in [0.15, 0.2) is 0 Å².